The molecule has 1 aromatic carbocycles. The summed E-state index contributed by atoms with van der Waals surface area (Å²) in [7, 11) is 0. The predicted molar refractivity (Wildman–Crippen MR) is 85.9 cm³/mol. The summed E-state index contributed by atoms with van der Waals surface area (Å²) in [6.45, 7) is 2.78. The number of hydrogen-bond acceptors (Lipinski definition) is 1. The van der Waals surface area contributed by atoms with Crippen molar-refractivity contribution >= 4 is 37.8 Å². The fourth-order valence-corrected chi connectivity index (χ4v) is 3.72. The molecule has 0 aromatic heterocycles. The molecule has 1 aliphatic carbocycles. The topological polar surface area (TPSA) is 29.1 Å². The van der Waals surface area contributed by atoms with Crippen molar-refractivity contribution in [2.45, 2.75) is 32.6 Å². The molecule has 1 saturated carbocycles. The standard InChI is InChI=1S/C15H19Br2NO/c1-11-4-5-12(8-13(11)17)14(19)18-10-15(9-16)6-2-3-7-15/h4-5,8H,2-3,6-7,9-10H2,1H3,(H,18,19). The Bertz CT molecular complexity index is 467. The second kappa shape index (κ2) is 6.40. The Balaban J connectivity index is 1.99. The van der Waals surface area contributed by atoms with Crippen LogP contribution in [-0.4, -0.2) is 17.8 Å². The highest BCUT2D eigenvalue weighted by Gasteiger charge is 2.33. The number of carbonyl (C=O) groups is 1. The number of benzene rings is 1. The van der Waals surface area contributed by atoms with E-state index in [1.165, 1.54) is 25.7 Å². The van der Waals surface area contributed by atoms with Gasteiger partial charge in [-0.05, 0) is 42.9 Å². The molecular formula is C15H19Br2NO. The minimum Gasteiger partial charge on any atom is -0.351 e. The van der Waals surface area contributed by atoms with Gasteiger partial charge in [-0.3, -0.25) is 4.79 Å². The fourth-order valence-electron chi connectivity index (χ4n) is 2.59. The van der Waals surface area contributed by atoms with Crippen LogP contribution in [0.15, 0.2) is 22.7 Å². The average molecular weight is 389 g/mol. The van der Waals surface area contributed by atoms with Crippen LogP contribution in [-0.2, 0) is 0 Å². The maximum atomic E-state index is 12.2. The predicted octanol–water partition coefficient (Wildman–Crippen LogP) is 4.44. The van der Waals surface area contributed by atoms with Crippen LogP contribution in [0.2, 0.25) is 0 Å². The Hall–Kier alpha value is -0.350. The molecule has 2 nitrogen and oxygen atoms in total. The molecule has 0 saturated heterocycles. The van der Waals surface area contributed by atoms with Crippen LogP contribution in [0.1, 0.15) is 41.6 Å². The van der Waals surface area contributed by atoms with Crippen LogP contribution in [0, 0.1) is 12.3 Å². The van der Waals surface area contributed by atoms with E-state index in [0.29, 0.717) is 0 Å². The maximum Gasteiger partial charge on any atom is 0.251 e. The summed E-state index contributed by atoms with van der Waals surface area (Å²) in [5.41, 5.74) is 2.13. The second-order valence-corrected chi connectivity index (χ2v) is 6.90. The lowest BCUT2D eigenvalue weighted by molar-refractivity contribution is 0.0935. The highest BCUT2D eigenvalue weighted by atomic mass is 79.9. The Kier molecular flexibility index (Phi) is 5.07. The highest BCUT2D eigenvalue weighted by Crippen LogP contribution is 2.39. The summed E-state index contributed by atoms with van der Waals surface area (Å²) < 4.78 is 0.983. The van der Waals surface area contributed by atoms with E-state index in [2.05, 4.69) is 37.2 Å². The molecule has 1 N–H and O–H groups in total. The molecule has 19 heavy (non-hydrogen) atoms. The van der Waals surface area contributed by atoms with Crippen molar-refractivity contribution in [3.05, 3.63) is 33.8 Å². The molecule has 0 radical (unpaired) electrons. The Morgan fingerprint density at radius 3 is 2.63 bits per heavy atom. The third-order valence-electron chi connectivity index (χ3n) is 4.01. The van der Waals surface area contributed by atoms with Crippen molar-refractivity contribution in [2.75, 3.05) is 11.9 Å². The number of carbonyl (C=O) groups excluding carboxylic acids is 1. The molecule has 104 valence electrons. The first-order valence-corrected chi connectivity index (χ1v) is 8.58. The highest BCUT2D eigenvalue weighted by molar-refractivity contribution is 9.10. The number of amides is 1. The van der Waals surface area contributed by atoms with Crippen LogP contribution in [0.5, 0.6) is 0 Å². The van der Waals surface area contributed by atoms with Crippen LogP contribution >= 0.6 is 31.9 Å². The largest absolute Gasteiger partial charge is 0.351 e. The quantitative estimate of drug-likeness (QED) is 0.758. The van der Waals surface area contributed by atoms with Gasteiger partial charge in [0.2, 0.25) is 0 Å². The van der Waals surface area contributed by atoms with E-state index in [0.717, 1.165) is 27.5 Å². The van der Waals surface area contributed by atoms with Gasteiger partial charge in [0.25, 0.3) is 5.91 Å². The molecule has 0 spiro atoms. The summed E-state index contributed by atoms with van der Waals surface area (Å²) in [6, 6.07) is 5.74. The molecule has 2 rings (SSSR count). The van der Waals surface area contributed by atoms with Crippen LogP contribution in [0.3, 0.4) is 0 Å². The zero-order valence-corrected chi connectivity index (χ0v) is 14.3. The summed E-state index contributed by atoms with van der Waals surface area (Å²) in [5, 5.41) is 4.06. The molecule has 1 amide bonds. The first-order valence-electron chi connectivity index (χ1n) is 6.67. The summed E-state index contributed by atoms with van der Waals surface area (Å²) in [6.07, 6.45) is 4.96. The van der Waals surface area contributed by atoms with Crippen LogP contribution in [0.4, 0.5) is 0 Å². The number of hydrogen-bond donors (Lipinski definition) is 1. The molecular weight excluding hydrogens is 370 g/mol. The molecule has 0 heterocycles. The van der Waals surface area contributed by atoms with Gasteiger partial charge in [0.05, 0.1) is 0 Å². The monoisotopic (exact) mass is 387 g/mol. The van der Waals surface area contributed by atoms with Gasteiger partial charge < -0.3 is 5.32 Å². The van der Waals surface area contributed by atoms with E-state index >= 15 is 0 Å². The Morgan fingerprint density at radius 1 is 1.37 bits per heavy atom. The van der Waals surface area contributed by atoms with Gasteiger partial charge in [-0.15, -0.1) is 0 Å². The molecule has 0 aliphatic heterocycles. The zero-order chi connectivity index (χ0) is 13.9. The Labute approximate surface area is 131 Å². The van der Waals surface area contributed by atoms with Gasteiger partial charge in [0, 0.05) is 21.9 Å². The minimum atomic E-state index is 0.0212. The molecule has 0 unspecified atom stereocenters. The van der Waals surface area contributed by atoms with Crippen molar-refractivity contribution < 1.29 is 4.79 Å². The normalized spacial score (nSPS) is 17.4. The molecule has 1 aliphatic rings. The molecule has 1 fully saturated rings. The number of aryl methyl sites for hydroxylation is 1. The molecule has 0 atom stereocenters. The summed E-state index contributed by atoms with van der Waals surface area (Å²) >= 11 is 7.07. The lowest BCUT2D eigenvalue weighted by Gasteiger charge is -2.26. The van der Waals surface area contributed by atoms with E-state index in [1.54, 1.807) is 0 Å². The smallest absolute Gasteiger partial charge is 0.251 e. The van der Waals surface area contributed by atoms with Crippen LogP contribution < -0.4 is 5.32 Å². The minimum absolute atomic E-state index is 0.0212. The number of nitrogens with one attached hydrogen (secondary N) is 1. The van der Waals surface area contributed by atoms with Crippen molar-refractivity contribution in [1.29, 1.82) is 0 Å². The third-order valence-corrected chi connectivity index (χ3v) is 6.05. The van der Waals surface area contributed by atoms with E-state index in [9.17, 15) is 4.79 Å². The lowest BCUT2D eigenvalue weighted by atomic mass is 9.89. The zero-order valence-electron chi connectivity index (χ0n) is 11.1. The third kappa shape index (κ3) is 3.60. The second-order valence-electron chi connectivity index (χ2n) is 5.49. The van der Waals surface area contributed by atoms with Crippen LogP contribution in [0.25, 0.3) is 0 Å². The van der Waals surface area contributed by atoms with Crippen molar-refractivity contribution in [3.8, 4) is 0 Å². The van der Waals surface area contributed by atoms with Crippen molar-refractivity contribution in [1.82, 2.24) is 5.32 Å². The number of rotatable bonds is 4. The molecule has 0 bridgehead atoms. The summed E-state index contributed by atoms with van der Waals surface area (Å²) in [5.74, 6) is 0.0212. The van der Waals surface area contributed by atoms with Gasteiger partial charge in [-0.2, -0.15) is 0 Å². The van der Waals surface area contributed by atoms with E-state index in [1.807, 2.05) is 25.1 Å². The average Bonchev–Trinajstić information content (AvgIpc) is 2.89. The van der Waals surface area contributed by atoms with Gasteiger partial charge >= 0.3 is 0 Å². The maximum absolute atomic E-state index is 12.2. The first kappa shape index (κ1) is 15.0. The van der Waals surface area contributed by atoms with E-state index in [4.69, 9.17) is 0 Å². The van der Waals surface area contributed by atoms with E-state index in [-0.39, 0.29) is 11.3 Å². The number of halogens is 2. The van der Waals surface area contributed by atoms with Gasteiger partial charge in [-0.25, -0.2) is 0 Å². The Morgan fingerprint density at radius 2 is 2.05 bits per heavy atom. The van der Waals surface area contributed by atoms with Gasteiger partial charge in [0.1, 0.15) is 0 Å². The molecule has 4 heteroatoms. The van der Waals surface area contributed by atoms with E-state index < -0.39 is 0 Å². The first-order chi connectivity index (χ1) is 9.06. The fraction of sp³-hybridized carbons (Fsp3) is 0.533. The van der Waals surface area contributed by atoms with Crippen molar-refractivity contribution in [2.24, 2.45) is 5.41 Å². The SMILES string of the molecule is Cc1ccc(C(=O)NCC2(CBr)CCCC2)cc1Br. The van der Waals surface area contributed by atoms with Gasteiger partial charge in [0.15, 0.2) is 0 Å². The lowest BCUT2D eigenvalue weighted by Crippen LogP contribution is -2.37. The number of alkyl halides is 1. The summed E-state index contributed by atoms with van der Waals surface area (Å²) in [4.78, 5) is 12.2. The van der Waals surface area contributed by atoms with Crippen molar-refractivity contribution in [3.63, 3.8) is 0 Å². The molecule has 1 aromatic rings. The van der Waals surface area contributed by atoms with Gasteiger partial charge in [-0.1, -0.05) is 50.8 Å².